The van der Waals surface area contributed by atoms with Gasteiger partial charge in [-0.1, -0.05) is 120 Å². The van der Waals surface area contributed by atoms with E-state index >= 15 is 0 Å². The molecule has 0 radical (unpaired) electrons. The molecule has 66 heavy (non-hydrogen) atoms. The first kappa shape index (κ1) is 39.0. The van der Waals surface area contributed by atoms with Gasteiger partial charge in [0.05, 0.1) is 5.69 Å². The average Bonchev–Trinajstić information content (AvgIpc) is 3.91. The summed E-state index contributed by atoms with van der Waals surface area (Å²) >= 11 is 0. The van der Waals surface area contributed by atoms with Crippen LogP contribution in [0.4, 0.5) is 17.1 Å². The van der Waals surface area contributed by atoms with Crippen LogP contribution >= 0.6 is 0 Å². The van der Waals surface area contributed by atoms with Gasteiger partial charge in [0.25, 0.3) is 0 Å². The van der Waals surface area contributed by atoms with Crippen LogP contribution in [-0.2, 0) is 21.7 Å². The summed E-state index contributed by atoms with van der Waals surface area (Å²) in [6, 6.07) is 46.5. The summed E-state index contributed by atoms with van der Waals surface area (Å²) in [6.45, 7) is 14.1. The average molecular weight is 864 g/mol. The van der Waals surface area contributed by atoms with Crippen LogP contribution in [0, 0.1) is 47.3 Å². The van der Waals surface area contributed by atoms with Gasteiger partial charge in [0.2, 0.25) is 0 Å². The van der Waals surface area contributed by atoms with Crippen molar-refractivity contribution in [3.8, 4) is 22.3 Å². The third-order valence-electron chi connectivity index (χ3n) is 20.1. The van der Waals surface area contributed by atoms with Gasteiger partial charge < -0.3 is 9.32 Å². The third-order valence-corrected chi connectivity index (χ3v) is 20.1. The van der Waals surface area contributed by atoms with E-state index in [1.807, 2.05) is 0 Å². The van der Waals surface area contributed by atoms with Gasteiger partial charge >= 0.3 is 0 Å². The molecule has 332 valence electrons. The predicted molar refractivity (Wildman–Crippen MR) is 272 cm³/mol. The van der Waals surface area contributed by atoms with Gasteiger partial charge in [-0.15, -0.1) is 0 Å². The second-order valence-corrected chi connectivity index (χ2v) is 25.4. The highest BCUT2D eigenvalue weighted by Crippen LogP contribution is 2.71. The SMILES string of the molecule is CC(C)(C)c1cc(C(C)(C)C)c2oc3c(N(c4ccc5c(c4)C4(c6ccccc6-5)C5CC6CC(C5)CC4C6)c4ccc5c(c4)C4(c6ccccc6-5)C5CC6CC(C5)CC4C6)cccc3c2c1. The van der Waals surface area contributed by atoms with Crippen LogP contribution in [-0.4, -0.2) is 0 Å². The molecular formula is C64H65NO. The van der Waals surface area contributed by atoms with Crippen molar-refractivity contribution in [3.63, 3.8) is 0 Å². The molecule has 2 spiro atoms. The van der Waals surface area contributed by atoms with Crippen LogP contribution in [0.1, 0.15) is 139 Å². The highest BCUT2D eigenvalue weighted by Gasteiger charge is 2.63. The first-order valence-corrected chi connectivity index (χ1v) is 26.2. The van der Waals surface area contributed by atoms with E-state index in [0.29, 0.717) is 23.7 Å². The topological polar surface area (TPSA) is 16.4 Å². The minimum absolute atomic E-state index is 0.00712. The fraction of sp³-hybridized carbons (Fsp3) is 0.438. The molecule has 1 aromatic heterocycles. The van der Waals surface area contributed by atoms with Crippen molar-refractivity contribution in [2.75, 3.05) is 4.90 Å². The Bertz CT molecular complexity index is 3020. The summed E-state index contributed by atoms with van der Waals surface area (Å²) in [5, 5.41) is 2.44. The number of benzene rings is 6. The van der Waals surface area contributed by atoms with Crippen LogP contribution in [0.25, 0.3) is 44.2 Å². The fourth-order valence-corrected chi connectivity index (χ4v) is 18.0. The molecule has 8 fully saturated rings. The zero-order valence-electron chi connectivity index (χ0n) is 40.0. The highest BCUT2D eigenvalue weighted by atomic mass is 16.3. The van der Waals surface area contributed by atoms with Crippen molar-refractivity contribution >= 4 is 39.0 Å². The van der Waals surface area contributed by atoms with E-state index in [1.165, 1.54) is 120 Å². The molecule has 1 heterocycles. The Morgan fingerprint density at radius 2 is 0.894 bits per heavy atom. The van der Waals surface area contributed by atoms with E-state index in [4.69, 9.17) is 4.42 Å². The first-order valence-electron chi connectivity index (χ1n) is 26.2. The minimum Gasteiger partial charge on any atom is -0.454 e. The molecule has 0 aliphatic heterocycles. The molecule has 8 saturated carbocycles. The van der Waals surface area contributed by atoms with Gasteiger partial charge in [0, 0.05) is 38.5 Å². The predicted octanol–water partition coefficient (Wildman–Crippen LogP) is 17.1. The van der Waals surface area contributed by atoms with Gasteiger partial charge in [-0.2, -0.15) is 0 Å². The van der Waals surface area contributed by atoms with Crippen LogP contribution in [0.2, 0.25) is 0 Å². The molecule has 10 aliphatic rings. The van der Waals surface area contributed by atoms with Crippen LogP contribution in [0.3, 0.4) is 0 Å². The normalized spacial score (nSPS) is 31.6. The number of fused-ring (bicyclic) bond motifs is 9. The molecule has 7 aromatic rings. The maximum atomic E-state index is 7.45. The zero-order chi connectivity index (χ0) is 44.2. The Morgan fingerprint density at radius 3 is 1.36 bits per heavy atom. The number of furan rings is 1. The molecule has 0 unspecified atom stereocenters. The number of rotatable bonds is 3. The first-order chi connectivity index (χ1) is 31.9. The maximum Gasteiger partial charge on any atom is 0.159 e. The maximum absolute atomic E-state index is 7.45. The number of anilines is 3. The van der Waals surface area contributed by atoms with Crippen molar-refractivity contribution < 1.29 is 4.42 Å². The van der Waals surface area contributed by atoms with Crippen molar-refractivity contribution in [1.29, 1.82) is 0 Å². The Kier molecular flexibility index (Phi) is 7.62. The summed E-state index contributed by atoms with van der Waals surface area (Å²) in [7, 11) is 0. The van der Waals surface area contributed by atoms with E-state index in [-0.39, 0.29) is 21.7 Å². The Morgan fingerprint density at radius 1 is 0.424 bits per heavy atom. The number of para-hydroxylation sites is 1. The molecule has 8 bridgehead atoms. The fourth-order valence-electron chi connectivity index (χ4n) is 18.0. The lowest BCUT2D eigenvalue weighted by atomic mass is 9.43. The van der Waals surface area contributed by atoms with Gasteiger partial charge in [-0.05, 0) is 209 Å². The Balaban J connectivity index is 0.996. The molecule has 2 heteroatoms. The van der Waals surface area contributed by atoms with Crippen molar-refractivity contribution in [3.05, 3.63) is 149 Å². The molecule has 2 nitrogen and oxygen atoms in total. The van der Waals surface area contributed by atoms with Crippen molar-refractivity contribution in [2.24, 2.45) is 47.3 Å². The second-order valence-electron chi connectivity index (χ2n) is 25.4. The summed E-state index contributed by atoms with van der Waals surface area (Å²) < 4.78 is 7.45. The van der Waals surface area contributed by atoms with E-state index in [9.17, 15) is 0 Å². The largest absolute Gasteiger partial charge is 0.454 e. The smallest absolute Gasteiger partial charge is 0.159 e. The van der Waals surface area contributed by atoms with Gasteiger partial charge in [-0.25, -0.2) is 0 Å². The number of hydrogen-bond acceptors (Lipinski definition) is 2. The van der Waals surface area contributed by atoms with Crippen molar-refractivity contribution in [1.82, 2.24) is 0 Å². The monoisotopic (exact) mass is 864 g/mol. The highest BCUT2D eigenvalue weighted by molar-refractivity contribution is 6.11. The number of nitrogens with zero attached hydrogens (tertiary/aromatic N) is 1. The second kappa shape index (κ2) is 12.9. The lowest BCUT2D eigenvalue weighted by Crippen LogP contribution is -2.55. The molecule has 0 atom stereocenters. The van der Waals surface area contributed by atoms with E-state index in [1.54, 1.807) is 22.3 Å². The Labute approximate surface area is 392 Å². The molecular weight excluding hydrogens is 799 g/mol. The van der Waals surface area contributed by atoms with E-state index in [2.05, 4.69) is 162 Å². The molecule has 17 rings (SSSR count). The van der Waals surface area contributed by atoms with Gasteiger partial charge in [-0.3, -0.25) is 0 Å². The third kappa shape index (κ3) is 4.90. The molecule has 0 N–H and O–H groups in total. The lowest BCUT2D eigenvalue weighted by Gasteiger charge is -2.61. The van der Waals surface area contributed by atoms with Crippen molar-refractivity contribution in [2.45, 2.75) is 127 Å². The molecule has 10 aliphatic carbocycles. The van der Waals surface area contributed by atoms with Crippen LogP contribution < -0.4 is 4.90 Å². The molecule has 0 saturated heterocycles. The summed E-state index contributed by atoms with van der Waals surface area (Å²) in [5.74, 6) is 6.47. The summed E-state index contributed by atoms with van der Waals surface area (Å²) in [4.78, 5) is 2.66. The Hall–Kier alpha value is -5.08. The molecule has 0 amide bonds. The van der Waals surface area contributed by atoms with Gasteiger partial charge in [0.15, 0.2) is 5.58 Å². The quantitative estimate of drug-likeness (QED) is 0.176. The molecule has 6 aromatic carbocycles. The zero-order valence-corrected chi connectivity index (χ0v) is 40.0. The lowest BCUT2D eigenvalue weighted by molar-refractivity contribution is -0.0399. The van der Waals surface area contributed by atoms with E-state index in [0.717, 1.165) is 40.5 Å². The van der Waals surface area contributed by atoms with Crippen LogP contribution in [0.5, 0.6) is 0 Å². The standard InChI is InChI=1S/C64H65NO/c1-61(2,3)40-32-52-51-14-11-17-58(60(51)66-59(52)57(33-40)62(4,5)6)65(45-18-20-49-47-12-7-9-15-53(47)63(55(49)34-45)41-24-36-22-37(26-41)27-42(63)25-36)46-19-21-50-48-13-8-10-16-54(48)64(56(50)35-46)43-28-38-23-39(30-43)31-44(64)29-38/h7-21,32-39,41-44H,22-31H2,1-6H3. The summed E-state index contributed by atoms with van der Waals surface area (Å²) in [6.07, 6.45) is 14.0. The summed E-state index contributed by atoms with van der Waals surface area (Å²) in [5.41, 5.74) is 20.8. The van der Waals surface area contributed by atoms with Crippen LogP contribution in [0.15, 0.2) is 120 Å². The number of hydrogen-bond donors (Lipinski definition) is 0. The minimum atomic E-state index is -0.0861. The van der Waals surface area contributed by atoms with Gasteiger partial charge in [0.1, 0.15) is 5.58 Å². The van der Waals surface area contributed by atoms with E-state index < -0.39 is 0 Å².